The van der Waals surface area contributed by atoms with Crippen LogP contribution >= 0.6 is 15.9 Å². The number of rotatable bonds is 5. The predicted molar refractivity (Wildman–Crippen MR) is 75.7 cm³/mol. The lowest BCUT2D eigenvalue weighted by molar-refractivity contribution is 0.172. The molecule has 0 bridgehead atoms. The van der Waals surface area contributed by atoms with Gasteiger partial charge in [0.2, 0.25) is 0 Å². The minimum atomic E-state index is 0.344. The molecular weight excluding hydrogens is 292 g/mol. The van der Waals surface area contributed by atoms with Crippen LogP contribution < -0.4 is 0 Å². The van der Waals surface area contributed by atoms with Gasteiger partial charge in [-0.1, -0.05) is 28.1 Å². The van der Waals surface area contributed by atoms with Gasteiger partial charge < -0.3 is 9.30 Å². The van der Waals surface area contributed by atoms with E-state index in [9.17, 15) is 0 Å². The number of benzene rings is 1. The van der Waals surface area contributed by atoms with E-state index in [4.69, 9.17) is 4.74 Å². The van der Waals surface area contributed by atoms with Crippen LogP contribution in [0.25, 0.3) is 0 Å². The summed E-state index contributed by atoms with van der Waals surface area (Å²) in [6.07, 6.45) is 3.84. The number of methoxy groups -OCH3 is 1. The van der Waals surface area contributed by atoms with Crippen molar-refractivity contribution in [3.05, 3.63) is 52.5 Å². The van der Waals surface area contributed by atoms with Crippen molar-refractivity contribution in [2.24, 2.45) is 0 Å². The topological polar surface area (TPSA) is 27.1 Å². The molecule has 0 radical (unpaired) electrons. The molecular formula is C14H17BrN2O. The Kier molecular flexibility index (Phi) is 4.55. The summed E-state index contributed by atoms with van der Waals surface area (Å²) in [6.45, 7) is 3.62. The van der Waals surface area contributed by atoms with Crippen molar-refractivity contribution in [2.45, 2.75) is 19.4 Å². The molecule has 18 heavy (non-hydrogen) atoms. The summed E-state index contributed by atoms with van der Waals surface area (Å²) in [5.41, 5.74) is 1.29. The fourth-order valence-electron chi connectivity index (χ4n) is 2.02. The molecule has 0 N–H and O–H groups in total. The number of hydrogen-bond acceptors (Lipinski definition) is 2. The normalized spacial score (nSPS) is 12.6. The van der Waals surface area contributed by atoms with Crippen LogP contribution in [0.2, 0.25) is 0 Å². The molecule has 2 aromatic rings. The summed E-state index contributed by atoms with van der Waals surface area (Å²) >= 11 is 3.46. The van der Waals surface area contributed by atoms with Gasteiger partial charge in [0.1, 0.15) is 5.82 Å². The van der Waals surface area contributed by atoms with E-state index in [-0.39, 0.29) is 0 Å². The van der Waals surface area contributed by atoms with E-state index in [2.05, 4.69) is 49.7 Å². The van der Waals surface area contributed by atoms with Crippen LogP contribution in [-0.2, 0) is 11.3 Å². The Bertz CT molecular complexity index is 493. The second-order valence-corrected chi connectivity index (χ2v) is 5.25. The van der Waals surface area contributed by atoms with Crippen LogP contribution in [0, 0.1) is 6.92 Å². The summed E-state index contributed by atoms with van der Waals surface area (Å²) < 4.78 is 8.59. The van der Waals surface area contributed by atoms with E-state index >= 15 is 0 Å². The molecule has 3 nitrogen and oxygen atoms in total. The van der Waals surface area contributed by atoms with Crippen LogP contribution in [0.1, 0.15) is 17.3 Å². The average Bonchev–Trinajstić information content (AvgIpc) is 2.76. The summed E-state index contributed by atoms with van der Waals surface area (Å²) in [5.74, 6) is 1.38. The zero-order valence-corrected chi connectivity index (χ0v) is 12.2. The molecule has 1 aromatic carbocycles. The predicted octanol–water partition coefficient (Wildman–Crippen LogP) is 3.38. The number of ether oxygens (including phenoxy) is 1. The van der Waals surface area contributed by atoms with Crippen LogP contribution in [-0.4, -0.2) is 23.3 Å². The van der Waals surface area contributed by atoms with Gasteiger partial charge in [-0.05, 0) is 24.6 Å². The first-order valence-electron chi connectivity index (χ1n) is 5.93. The molecule has 0 amide bonds. The molecule has 1 atom stereocenters. The Morgan fingerprint density at radius 3 is 2.61 bits per heavy atom. The highest BCUT2D eigenvalue weighted by Crippen LogP contribution is 2.21. The van der Waals surface area contributed by atoms with Crippen molar-refractivity contribution < 1.29 is 4.74 Å². The van der Waals surface area contributed by atoms with Crippen LogP contribution in [0.4, 0.5) is 0 Å². The van der Waals surface area contributed by atoms with Crippen LogP contribution in [0.3, 0.4) is 0 Å². The molecule has 0 aliphatic heterocycles. The fourth-order valence-corrected chi connectivity index (χ4v) is 2.29. The summed E-state index contributed by atoms with van der Waals surface area (Å²) in [7, 11) is 1.74. The molecule has 1 aromatic heterocycles. The highest BCUT2D eigenvalue weighted by atomic mass is 79.9. The monoisotopic (exact) mass is 308 g/mol. The minimum Gasteiger partial charge on any atom is -0.384 e. The van der Waals surface area contributed by atoms with E-state index in [0.717, 1.165) is 16.8 Å². The largest absolute Gasteiger partial charge is 0.384 e. The van der Waals surface area contributed by atoms with Gasteiger partial charge in [0.25, 0.3) is 0 Å². The molecule has 0 saturated carbocycles. The second kappa shape index (κ2) is 6.16. The highest BCUT2D eigenvalue weighted by molar-refractivity contribution is 9.10. The number of halogens is 1. The van der Waals surface area contributed by atoms with Crippen molar-refractivity contribution in [1.29, 1.82) is 0 Å². The Hall–Kier alpha value is -1.13. The molecule has 1 heterocycles. The molecule has 1 unspecified atom stereocenters. The van der Waals surface area contributed by atoms with E-state index in [1.807, 2.05) is 19.3 Å². The van der Waals surface area contributed by atoms with Gasteiger partial charge in [0, 0.05) is 36.4 Å². The number of nitrogens with zero attached hydrogens (tertiary/aromatic N) is 2. The highest BCUT2D eigenvalue weighted by Gasteiger charge is 2.13. The van der Waals surface area contributed by atoms with E-state index in [1.165, 1.54) is 5.56 Å². The maximum absolute atomic E-state index is 5.33. The van der Waals surface area contributed by atoms with Crippen molar-refractivity contribution in [1.82, 2.24) is 9.55 Å². The molecule has 0 aliphatic carbocycles. The first-order valence-corrected chi connectivity index (χ1v) is 6.72. The van der Waals surface area contributed by atoms with Gasteiger partial charge in [-0.15, -0.1) is 0 Å². The SMILES string of the molecule is COCC(Cn1ccnc1C)c1ccc(Br)cc1. The quantitative estimate of drug-likeness (QED) is 0.846. The van der Waals surface area contributed by atoms with Crippen molar-refractivity contribution >= 4 is 15.9 Å². The number of aromatic nitrogens is 2. The van der Waals surface area contributed by atoms with E-state index in [1.54, 1.807) is 7.11 Å². The van der Waals surface area contributed by atoms with Crippen LogP contribution in [0.5, 0.6) is 0 Å². The first-order chi connectivity index (χ1) is 8.70. The molecule has 0 fully saturated rings. The Morgan fingerprint density at radius 2 is 2.06 bits per heavy atom. The maximum Gasteiger partial charge on any atom is 0.105 e. The van der Waals surface area contributed by atoms with Gasteiger partial charge in [-0.25, -0.2) is 4.98 Å². The third kappa shape index (κ3) is 3.21. The summed E-state index contributed by atoms with van der Waals surface area (Å²) in [5, 5.41) is 0. The van der Waals surface area contributed by atoms with Crippen molar-refractivity contribution in [3.63, 3.8) is 0 Å². The first kappa shape index (κ1) is 13.3. The standard InChI is InChI=1S/C14H17BrN2O/c1-11-16-7-8-17(11)9-13(10-18-2)12-3-5-14(15)6-4-12/h3-8,13H,9-10H2,1-2H3. The minimum absolute atomic E-state index is 0.344. The van der Waals surface area contributed by atoms with Gasteiger partial charge in [-0.3, -0.25) is 0 Å². The average molecular weight is 309 g/mol. The fraction of sp³-hybridized carbons (Fsp3) is 0.357. The maximum atomic E-state index is 5.33. The van der Waals surface area contributed by atoms with Gasteiger partial charge in [0.15, 0.2) is 0 Å². The van der Waals surface area contributed by atoms with Crippen molar-refractivity contribution in [2.75, 3.05) is 13.7 Å². The number of imidazole rings is 1. The zero-order chi connectivity index (χ0) is 13.0. The molecule has 96 valence electrons. The third-order valence-electron chi connectivity index (χ3n) is 3.05. The third-order valence-corrected chi connectivity index (χ3v) is 3.58. The van der Waals surface area contributed by atoms with E-state index in [0.29, 0.717) is 12.5 Å². The number of aryl methyl sites for hydroxylation is 1. The lowest BCUT2D eigenvalue weighted by atomic mass is 10.00. The molecule has 4 heteroatoms. The molecule has 0 spiro atoms. The van der Waals surface area contributed by atoms with E-state index < -0.39 is 0 Å². The van der Waals surface area contributed by atoms with Crippen molar-refractivity contribution in [3.8, 4) is 0 Å². The lowest BCUT2D eigenvalue weighted by Crippen LogP contribution is -2.14. The Labute approximate surface area is 116 Å². The Morgan fingerprint density at radius 1 is 1.33 bits per heavy atom. The Balaban J connectivity index is 2.18. The second-order valence-electron chi connectivity index (χ2n) is 4.33. The molecule has 0 saturated heterocycles. The van der Waals surface area contributed by atoms with Gasteiger partial charge in [0.05, 0.1) is 6.61 Å². The molecule has 0 aliphatic rings. The van der Waals surface area contributed by atoms with Gasteiger partial charge >= 0.3 is 0 Å². The smallest absolute Gasteiger partial charge is 0.105 e. The summed E-state index contributed by atoms with van der Waals surface area (Å²) in [4.78, 5) is 4.25. The zero-order valence-electron chi connectivity index (χ0n) is 10.6. The van der Waals surface area contributed by atoms with Gasteiger partial charge in [-0.2, -0.15) is 0 Å². The number of hydrogen-bond donors (Lipinski definition) is 0. The summed E-state index contributed by atoms with van der Waals surface area (Å²) in [6, 6.07) is 8.41. The molecule has 2 rings (SSSR count). The van der Waals surface area contributed by atoms with Crippen LogP contribution in [0.15, 0.2) is 41.1 Å². The lowest BCUT2D eigenvalue weighted by Gasteiger charge is -2.18.